The van der Waals surface area contributed by atoms with Crippen molar-refractivity contribution in [2.45, 2.75) is 39.3 Å². The fourth-order valence-corrected chi connectivity index (χ4v) is 2.55. The van der Waals surface area contributed by atoms with Crippen molar-refractivity contribution < 1.29 is 9.53 Å². The van der Waals surface area contributed by atoms with Crippen molar-refractivity contribution in [1.29, 1.82) is 0 Å². The highest BCUT2D eigenvalue weighted by Crippen LogP contribution is 2.25. The van der Waals surface area contributed by atoms with Gasteiger partial charge >= 0.3 is 0 Å². The fourth-order valence-electron chi connectivity index (χ4n) is 2.29. The lowest BCUT2D eigenvalue weighted by Gasteiger charge is -2.16. The summed E-state index contributed by atoms with van der Waals surface area (Å²) in [6.07, 6.45) is 2.17. The highest BCUT2D eigenvalue weighted by Gasteiger charge is 2.18. The molecule has 4 nitrogen and oxygen atoms in total. The van der Waals surface area contributed by atoms with Crippen molar-refractivity contribution in [3.05, 3.63) is 28.8 Å². The predicted molar refractivity (Wildman–Crippen MR) is 84.7 cm³/mol. The van der Waals surface area contributed by atoms with Crippen LogP contribution in [0.3, 0.4) is 0 Å². The quantitative estimate of drug-likeness (QED) is 0.878. The summed E-state index contributed by atoms with van der Waals surface area (Å²) in [6, 6.07) is 6.11. The maximum Gasteiger partial charge on any atom is 0.260 e. The van der Waals surface area contributed by atoms with E-state index in [2.05, 4.69) is 19.2 Å². The van der Waals surface area contributed by atoms with Gasteiger partial charge in [-0.05, 0) is 30.5 Å². The van der Waals surface area contributed by atoms with Crippen LogP contribution in [0.15, 0.2) is 18.2 Å². The maximum atomic E-state index is 11.9. The molecule has 1 N–H and O–H groups in total. The molecule has 1 aromatic rings. The fraction of sp³-hybridized carbons (Fsp3) is 0.562. The topological polar surface area (TPSA) is 41.6 Å². The lowest BCUT2D eigenvalue weighted by molar-refractivity contribution is -0.132. The number of nitrogens with one attached hydrogen (secondary N) is 1. The van der Waals surface area contributed by atoms with Crippen LogP contribution in [0, 0.1) is 0 Å². The molecular formula is C16H23ClN2O2. The number of hydrogen-bond acceptors (Lipinski definition) is 3. The van der Waals surface area contributed by atoms with Crippen LogP contribution in [0.5, 0.6) is 5.75 Å². The van der Waals surface area contributed by atoms with E-state index in [0.29, 0.717) is 16.8 Å². The van der Waals surface area contributed by atoms with Crippen LogP contribution in [0.1, 0.15) is 32.3 Å². The number of halogens is 1. The molecule has 2 rings (SSSR count). The zero-order valence-corrected chi connectivity index (χ0v) is 13.4. The van der Waals surface area contributed by atoms with E-state index in [9.17, 15) is 4.79 Å². The van der Waals surface area contributed by atoms with Crippen molar-refractivity contribution in [2.24, 2.45) is 0 Å². The Morgan fingerprint density at radius 2 is 2.10 bits per heavy atom. The first-order valence-corrected chi connectivity index (χ1v) is 7.86. The number of hydrogen-bond donors (Lipinski definition) is 1. The normalized spacial score (nSPS) is 14.8. The monoisotopic (exact) mass is 310 g/mol. The lowest BCUT2D eigenvalue weighted by atomic mass is 10.2. The first-order valence-electron chi connectivity index (χ1n) is 7.48. The first kappa shape index (κ1) is 16.1. The summed E-state index contributed by atoms with van der Waals surface area (Å²) in [7, 11) is 0. The summed E-state index contributed by atoms with van der Waals surface area (Å²) in [6.45, 7) is 6.71. The average molecular weight is 311 g/mol. The zero-order chi connectivity index (χ0) is 15.2. The number of carbonyl (C=O) groups is 1. The Kier molecular flexibility index (Phi) is 5.88. The molecule has 1 aliphatic heterocycles. The van der Waals surface area contributed by atoms with Crippen molar-refractivity contribution in [1.82, 2.24) is 10.2 Å². The van der Waals surface area contributed by atoms with Gasteiger partial charge in [0.15, 0.2) is 6.61 Å². The number of carbonyl (C=O) groups excluding carboxylic acids is 1. The van der Waals surface area contributed by atoms with Crippen LogP contribution in [0.25, 0.3) is 0 Å². The van der Waals surface area contributed by atoms with Gasteiger partial charge in [-0.1, -0.05) is 31.5 Å². The van der Waals surface area contributed by atoms with Crippen molar-refractivity contribution in [2.75, 3.05) is 19.7 Å². The van der Waals surface area contributed by atoms with Gasteiger partial charge in [0.1, 0.15) is 5.75 Å². The molecule has 116 valence electrons. The lowest BCUT2D eigenvalue weighted by Crippen LogP contribution is -2.32. The van der Waals surface area contributed by atoms with Crippen LogP contribution >= 0.6 is 11.6 Å². The highest BCUT2D eigenvalue weighted by atomic mass is 35.5. The molecule has 0 saturated carbocycles. The number of rotatable bonds is 6. The van der Waals surface area contributed by atoms with E-state index in [1.807, 2.05) is 23.1 Å². The molecule has 1 aliphatic rings. The molecule has 0 atom stereocenters. The Balaban J connectivity index is 1.87. The van der Waals surface area contributed by atoms with Gasteiger partial charge in [-0.2, -0.15) is 0 Å². The third kappa shape index (κ3) is 4.90. The SMILES string of the molecule is CC(C)NCc1ccc(OCC(=O)N2CCCC2)c(Cl)c1. The largest absolute Gasteiger partial charge is 0.482 e. The Morgan fingerprint density at radius 1 is 1.38 bits per heavy atom. The van der Waals surface area contributed by atoms with Gasteiger partial charge in [0.2, 0.25) is 0 Å². The molecule has 21 heavy (non-hydrogen) atoms. The molecule has 1 heterocycles. The molecule has 1 amide bonds. The number of benzene rings is 1. The van der Waals surface area contributed by atoms with E-state index in [1.54, 1.807) is 0 Å². The van der Waals surface area contributed by atoms with Crippen LogP contribution in [0.4, 0.5) is 0 Å². The van der Waals surface area contributed by atoms with E-state index in [1.165, 1.54) is 0 Å². The van der Waals surface area contributed by atoms with Gasteiger partial charge in [0, 0.05) is 25.7 Å². The van der Waals surface area contributed by atoms with Gasteiger partial charge in [-0.15, -0.1) is 0 Å². The minimum atomic E-state index is 0.0362. The van der Waals surface area contributed by atoms with Gasteiger partial charge in [0.05, 0.1) is 5.02 Å². The van der Waals surface area contributed by atoms with E-state index >= 15 is 0 Å². The Labute approximate surface area is 131 Å². The molecule has 1 fully saturated rings. The number of likely N-dealkylation sites (tertiary alicyclic amines) is 1. The molecule has 0 aromatic heterocycles. The number of amides is 1. The summed E-state index contributed by atoms with van der Waals surface area (Å²) in [4.78, 5) is 13.8. The van der Waals surface area contributed by atoms with Crippen molar-refractivity contribution in [3.8, 4) is 5.75 Å². The van der Waals surface area contributed by atoms with Crippen LogP contribution in [0.2, 0.25) is 5.02 Å². The molecular weight excluding hydrogens is 288 g/mol. The molecule has 1 aromatic carbocycles. The summed E-state index contributed by atoms with van der Waals surface area (Å²) in [5.74, 6) is 0.603. The maximum absolute atomic E-state index is 11.9. The van der Waals surface area contributed by atoms with E-state index in [-0.39, 0.29) is 12.5 Å². The standard InChI is InChI=1S/C16H23ClN2O2/c1-12(2)18-10-13-5-6-15(14(17)9-13)21-11-16(20)19-7-3-4-8-19/h5-6,9,12,18H,3-4,7-8,10-11H2,1-2H3. The molecule has 1 saturated heterocycles. The van der Waals surface area contributed by atoms with Gasteiger partial charge in [-0.25, -0.2) is 0 Å². The predicted octanol–water partition coefficient (Wildman–Crippen LogP) is 2.84. The summed E-state index contributed by atoms with van der Waals surface area (Å²) in [5, 5.41) is 3.88. The molecule has 0 radical (unpaired) electrons. The van der Waals surface area contributed by atoms with Crippen LogP contribution < -0.4 is 10.1 Å². The van der Waals surface area contributed by atoms with Crippen LogP contribution in [-0.2, 0) is 11.3 Å². The summed E-state index contributed by atoms with van der Waals surface area (Å²) < 4.78 is 5.55. The molecule has 0 spiro atoms. The van der Waals surface area contributed by atoms with Gasteiger partial charge < -0.3 is 15.0 Å². The zero-order valence-electron chi connectivity index (χ0n) is 12.7. The summed E-state index contributed by atoms with van der Waals surface area (Å²) >= 11 is 6.21. The first-order chi connectivity index (χ1) is 10.1. The third-order valence-corrected chi connectivity index (χ3v) is 3.82. The Hall–Kier alpha value is -1.26. The minimum absolute atomic E-state index is 0.0362. The minimum Gasteiger partial charge on any atom is -0.482 e. The summed E-state index contributed by atoms with van der Waals surface area (Å²) in [5.41, 5.74) is 1.10. The van der Waals surface area contributed by atoms with Gasteiger partial charge in [0.25, 0.3) is 5.91 Å². The number of ether oxygens (including phenoxy) is 1. The Bertz CT molecular complexity index is 485. The Morgan fingerprint density at radius 3 is 2.71 bits per heavy atom. The van der Waals surface area contributed by atoms with E-state index in [4.69, 9.17) is 16.3 Å². The molecule has 0 aliphatic carbocycles. The average Bonchev–Trinajstić information content (AvgIpc) is 2.98. The molecule has 5 heteroatoms. The third-order valence-electron chi connectivity index (χ3n) is 3.52. The van der Waals surface area contributed by atoms with Crippen molar-refractivity contribution >= 4 is 17.5 Å². The second kappa shape index (κ2) is 7.66. The van der Waals surface area contributed by atoms with E-state index < -0.39 is 0 Å². The second-order valence-electron chi connectivity index (χ2n) is 5.68. The second-order valence-corrected chi connectivity index (χ2v) is 6.08. The van der Waals surface area contributed by atoms with E-state index in [0.717, 1.165) is 38.0 Å². The molecule has 0 bridgehead atoms. The highest BCUT2D eigenvalue weighted by molar-refractivity contribution is 6.32. The smallest absolute Gasteiger partial charge is 0.260 e. The number of nitrogens with zero attached hydrogens (tertiary/aromatic N) is 1. The van der Waals surface area contributed by atoms with Crippen LogP contribution in [-0.4, -0.2) is 36.5 Å². The van der Waals surface area contributed by atoms with Crippen molar-refractivity contribution in [3.63, 3.8) is 0 Å². The molecule has 0 unspecified atom stereocenters. The van der Waals surface area contributed by atoms with Gasteiger partial charge in [-0.3, -0.25) is 4.79 Å².